The Morgan fingerprint density at radius 3 is 2.53 bits per heavy atom. The van der Waals surface area contributed by atoms with Gasteiger partial charge in [-0.25, -0.2) is 14.6 Å². The third-order valence-electron chi connectivity index (χ3n) is 5.73. The van der Waals surface area contributed by atoms with Crippen molar-refractivity contribution in [1.82, 2.24) is 19.0 Å². The number of aromatic nitrogens is 3. The number of ether oxygens (including phenoxy) is 1. The number of hydrogen-bond donors (Lipinski definition) is 0. The van der Waals surface area contributed by atoms with Crippen LogP contribution in [0.15, 0.2) is 15.7 Å². The molecule has 1 amide bonds. The number of esters is 1. The van der Waals surface area contributed by atoms with E-state index in [-0.39, 0.29) is 41.7 Å². The Balaban J connectivity index is 2.09. The molecule has 2 aromatic heterocycles. The molecule has 0 aliphatic heterocycles. The zero-order chi connectivity index (χ0) is 22.0. The molecule has 0 atom stereocenters. The lowest BCUT2D eigenvalue weighted by molar-refractivity contribution is -0.133. The average Bonchev–Trinajstić information content (AvgIpc) is 2.74. The molecule has 1 aliphatic carbocycles. The molecule has 162 valence electrons. The number of pyridine rings is 1. The first kappa shape index (κ1) is 21.7. The maximum absolute atomic E-state index is 13.2. The zero-order valence-corrected chi connectivity index (χ0v) is 17.9. The van der Waals surface area contributed by atoms with Crippen molar-refractivity contribution >= 4 is 22.9 Å². The van der Waals surface area contributed by atoms with Crippen molar-refractivity contribution < 1.29 is 14.3 Å². The minimum Gasteiger partial charge on any atom is -0.462 e. The fourth-order valence-corrected chi connectivity index (χ4v) is 4.03. The van der Waals surface area contributed by atoms with E-state index in [2.05, 4.69) is 4.98 Å². The van der Waals surface area contributed by atoms with Crippen LogP contribution in [0.3, 0.4) is 0 Å². The van der Waals surface area contributed by atoms with Crippen molar-refractivity contribution in [2.45, 2.75) is 58.5 Å². The van der Waals surface area contributed by atoms with E-state index in [4.69, 9.17) is 4.74 Å². The number of likely N-dealkylation sites (N-methyl/N-ethyl adjacent to an activating group) is 1. The quantitative estimate of drug-likeness (QED) is 0.682. The van der Waals surface area contributed by atoms with Crippen molar-refractivity contribution in [2.75, 3.05) is 13.7 Å². The highest BCUT2D eigenvalue weighted by molar-refractivity contribution is 6.02. The van der Waals surface area contributed by atoms with Gasteiger partial charge in [-0.05, 0) is 32.8 Å². The number of fused-ring (bicyclic) bond motifs is 1. The van der Waals surface area contributed by atoms with Gasteiger partial charge in [-0.15, -0.1) is 0 Å². The van der Waals surface area contributed by atoms with Crippen LogP contribution in [-0.4, -0.2) is 50.6 Å². The Hall–Kier alpha value is -2.97. The van der Waals surface area contributed by atoms with Crippen LogP contribution in [0.1, 0.15) is 55.1 Å². The van der Waals surface area contributed by atoms with Crippen LogP contribution in [0.5, 0.6) is 0 Å². The molecule has 9 nitrogen and oxygen atoms in total. The lowest BCUT2D eigenvalue weighted by Gasteiger charge is -2.31. The van der Waals surface area contributed by atoms with E-state index in [0.29, 0.717) is 5.69 Å². The van der Waals surface area contributed by atoms with Crippen molar-refractivity contribution in [3.05, 3.63) is 38.2 Å². The summed E-state index contributed by atoms with van der Waals surface area (Å²) >= 11 is 0. The van der Waals surface area contributed by atoms with Gasteiger partial charge in [0.25, 0.3) is 5.56 Å². The van der Waals surface area contributed by atoms with Crippen LogP contribution in [0, 0.1) is 6.92 Å². The molecule has 9 heteroatoms. The average molecular weight is 416 g/mol. The number of rotatable bonds is 5. The molecule has 2 heterocycles. The van der Waals surface area contributed by atoms with E-state index >= 15 is 0 Å². The van der Waals surface area contributed by atoms with E-state index in [1.165, 1.54) is 17.7 Å². The molecule has 30 heavy (non-hydrogen) atoms. The maximum atomic E-state index is 13.2. The van der Waals surface area contributed by atoms with Crippen LogP contribution in [0.25, 0.3) is 11.0 Å². The first-order valence-electron chi connectivity index (χ1n) is 10.3. The molecule has 0 radical (unpaired) electrons. The summed E-state index contributed by atoms with van der Waals surface area (Å²) < 4.78 is 7.15. The zero-order valence-electron chi connectivity index (χ0n) is 17.9. The number of nitrogens with zero attached hydrogens (tertiary/aromatic N) is 4. The van der Waals surface area contributed by atoms with E-state index in [0.717, 1.165) is 36.7 Å². The SMILES string of the molecule is CCOC(=O)c1cc(C)nc2c1c(=O)n(CC(=O)N(C)C1CCCCC1)c(=O)n2C. The van der Waals surface area contributed by atoms with Gasteiger partial charge in [-0.2, -0.15) is 0 Å². The molecule has 3 rings (SSSR count). The summed E-state index contributed by atoms with van der Waals surface area (Å²) in [6, 6.07) is 1.58. The van der Waals surface area contributed by atoms with E-state index in [1.54, 1.807) is 25.8 Å². The first-order valence-corrected chi connectivity index (χ1v) is 10.3. The van der Waals surface area contributed by atoms with Crippen molar-refractivity contribution in [3.8, 4) is 0 Å². The monoisotopic (exact) mass is 416 g/mol. The lowest BCUT2D eigenvalue weighted by Crippen LogP contribution is -2.46. The largest absolute Gasteiger partial charge is 0.462 e. The van der Waals surface area contributed by atoms with Crippen LogP contribution >= 0.6 is 0 Å². The van der Waals surface area contributed by atoms with Crippen LogP contribution < -0.4 is 11.2 Å². The third kappa shape index (κ3) is 4.01. The van der Waals surface area contributed by atoms with E-state index in [9.17, 15) is 19.2 Å². The Morgan fingerprint density at radius 1 is 1.23 bits per heavy atom. The van der Waals surface area contributed by atoms with Crippen molar-refractivity contribution in [2.24, 2.45) is 7.05 Å². The summed E-state index contributed by atoms with van der Waals surface area (Å²) in [5.74, 6) is -0.973. The van der Waals surface area contributed by atoms with E-state index < -0.39 is 17.2 Å². The Labute approximate surface area is 174 Å². The molecule has 1 saturated carbocycles. The second kappa shape index (κ2) is 8.81. The number of aryl methyl sites for hydroxylation is 2. The smallest absolute Gasteiger partial charge is 0.339 e. The van der Waals surface area contributed by atoms with Crippen LogP contribution in [0.4, 0.5) is 0 Å². The third-order valence-corrected chi connectivity index (χ3v) is 5.73. The lowest BCUT2D eigenvalue weighted by atomic mass is 9.94. The standard InChI is InChI=1S/C21H28N4O5/c1-5-30-20(28)15-11-13(2)22-18-17(15)19(27)25(21(29)24(18)4)12-16(26)23(3)14-9-7-6-8-10-14/h11,14H,5-10,12H2,1-4H3. The predicted molar refractivity (Wildman–Crippen MR) is 112 cm³/mol. The fraction of sp³-hybridized carbons (Fsp3) is 0.571. The first-order chi connectivity index (χ1) is 14.3. The highest BCUT2D eigenvalue weighted by atomic mass is 16.5. The van der Waals surface area contributed by atoms with Gasteiger partial charge in [0.1, 0.15) is 12.2 Å². The van der Waals surface area contributed by atoms with Gasteiger partial charge < -0.3 is 9.64 Å². The Bertz CT molecular complexity index is 1100. The molecule has 0 unspecified atom stereocenters. The number of hydrogen-bond acceptors (Lipinski definition) is 6. The molecular formula is C21H28N4O5. The molecule has 0 saturated heterocycles. The summed E-state index contributed by atoms with van der Waals surface area (Å²) in [7, 11) is 3.18. The summed E-state index contributed by atoms with van der Waals surface area (Å²) in [5, 5.41) is -0.0192. The van der Waals surface area contributed by atoms with Crippen LogP contribution in [0.2, 0.25) is 0 Å². The van der Waals surface area contributed by atoms with Gasteiger partial charge in [0.2, 0.25) is 5.91 Å². The molecule has 0 bridgehead atoms. The van der Waals surface area contributed by atoms with E-state index in [1.807, 2.05) is 0 Å². The topological polar surface area (TPSA) is 104 Å². The summed E-state index contributed by atoms with van der Waals surface area (Å²) in [6.45, 7) is 3.10. The molecule has 0 aromatic carbocycles. The molecule has 1 fully saturated rings. The summed E-state index contributed by atoms with van der Waals surface area (Å²) in [5.41, 5.74) is -0.746. The number of amides is 1. The minimum absolute atomic E-state index is 0.0192. The molecule has 2 aromatic rings. The molecular weight excluding hydrogens is 388 g/mol. The molecule has 0 spiro atoms. The van der Waals surface area contributed by atoms with Crippen molar-refractivity contribution in [1.29, 1.82) is 0 Å². The van der Waals surface area contributed by atoms with Gasteiger partial charge >= 0.3 is 11.7 Å². The number of carbonyl (C=O) groups excluding carboxylic acids is 2. The van der Waals surface area contributed by atoms with Crippen molar-refractivity contribution in [3.63, 3.8) is 0 Å². The minimum atomic E-state index is -0.714. The molecule has 1 aliphatic rings. The van der Waals surface area contributed by atoms with Gasteiger partial charge in [0, 0.05) is 25.8 Å². The van der Waals surface area contributed by atoms with Gasteiger partial charge in [0.05, 0.1) is 17.6 Å². The molecule has 0 N–H and O–H groups in total. The Morgan fingerprint density at radius 2 is 1.90 bits per heavy atom. The van der Waals surface area contributed by atoms with Crippen LogP contribution in [-0.2, 0) is 23.1 Å². The normalized spacial score (nSPS) is 14.7. The highest BCUT2D eigenvalue weighted by Gasteiger charge is 2.25. The second-order valence-electron chi connectivity index (χ2n) is 7.76. The fourth-order valence-electron chi connectivity index (χ4n) is 4.03. The highest BCUT2D eigenvalue weighted by Crippen LogP contribution is 2.22. The predicted octanol–water partition coefficient (Wildman–Crippen LogP) is 1.37. The van der Waals surface area contributed by atoms with Gasteiger partial charge in [-0.1, -0.05) is 19.3 Å². The number of carbonyl (C=O) groups is 2. The van der Waals surface area contributed by atoms with Gasteiger partial charge in [0.15, 0.2) is 0 Å². The van der Waals surface area contributed by atoms with Gasteiger partial charge in [-0.3, -0.25) is 18.7 Å². The maximum Gasteiger partial charge on any atom is 0.339 e. The summed E-state index contributed by atoms with van der Waals surface area (Å²) in [4.78, 5) is 57.3. The Kier molecular flexibility index (Phi) is 6.38. The second-order valence-corrected chi connectivity index (χ2v) is 7.76. The summed E-state index contributed by atoms with van der Waals surface area (Å²) in [6.07, 6.45) is 5.13.